The minimum atomic E-state index is -1.11. The molecular weight excluding hydrogens is 296 g/mol. The molecule has 0 saturated carbocycles. The summed E-state index contributed by atoms with van der Waals surface area (Å²) in [5.74, 6) is -2.02. The first-order chi connectivity index (χ1) is 9.73. The van der Waals surface area contributed by atoms with Gasteiger partial charge < -0.3 is 15.3 Å². The largest absolute Gasteiger partial charge is 0.480 e. The molecule has 1 rings (SSSR count). The highest BCUT2D eigenvalue weighted by molar-refractivity contribution is 6.30. The summed E-state index contributed by atoms with van der Waals surface area (Å²) in [6.07, 6.45) is 0. The Labute approximate surface area is 127 Å². The lowest BCUT2D eigenvalue weighted by Crippen LogP contribution is -2.50. The van der Waals surface area contributed by atoms with Crippen molar-refractivity contribution >= 4 is 29.4 Å². The van der Waals surface area contributed by atoms with Crippen molar-refractivity contribution in [2.45, 2.75) is 25.9 Å². The predicted molar refractivity (Wildman–Crippen MR) is 78.2 cm³/mol. The van der Waals surface area contributed by atoms with Crippen molar-refractivity contribution in [3.63, 3.8) is 0 Å². The van der Waals surface area contributed by atoms with E-state index in [0.717, 1.165) is 4.90 Å². The van der Waals surface area contributed by atoms with E-state index in [2.05, 4.69) is 5.32 Å². The van der Waals surface area contributed by atoms with Gasteiger partial charge in [-0.2, -0.15) is 0 Å². The summed E-state index contributed by atoms with van der Waals surface area (Å²) in [5, 5.41) is 11.9. The zero-order valence-corrected chi connectivity index (χ0v) is 12.7. The Bertz CT molecular complexity index is 544. The smallest absolute Gasteiger partial charge is 0.326 e. The van der Waals surface area contributed by atoms with E-state index in [1.54, 1.807) is 24.3 Å². The molecule has 6 nitrogen and oxygen atoms in total. The van der Waals surface area contributed by atoms with Crippen LogP contribution in [0.2, 0.25) is 5.02 Å². The van der Waals surface area contributed by atoms with Gasteiger partial charge in [0.05, 0.1) is 0 Å². The highest BCUT2D eigenvalue weighted by Gasteiger charge is 2.26. The van der Waals surface area contributed by atoms with E-state index in [-0.39, 0.29) is 0 Å². The van der Waals surface area contributed by atoms with Crippen LogP contribution >= 0.6 is 11.6 Å². The molecule has 21 heavy (non-hydrogen) atoms. The van der Waals surface area contributed by atoms with E-state index in [4.69, 9.17) is 16.7 Å². The van der Waals surface area contributed by atoms with Gasteiger partial charge >= 0.3 is 5.97 Å². The lowest BCUT2D eigenvalue weighted by Gasteiger charge is -2.25. The lowest BCUT2D eigenvalue weighted by molar-refractivity contribution is -0.148. The van der Waals surface area contributed by atoms with Crippen LogP contribution in [0.15, 0.2) is 24.3 Å². The molecule has 0 bridgehead atoms. The molecule has 114 valence electrons. The Morgan fingerprint density at radius 2 is 1.71 bits per heavy atom. The number of hydrogen-bond acceptors (Lipinski definition) is 3. The van der Waals surface area contributed by atoms with E-state index in [1.165, 1.54) is 20.9 Å². The third kappa shape index (κ3) is 4.46. The highest BCUT2D eigenvalue weighted by atomic mass is 35.5. The molecule has 2 N–H and O–H groups in total. The van der Waals surface area contributed by atoms with Crippen LogP contribution in [-0.2, 0) is 9.59 Å². The van der Waals surface area contributed by atoms with Gasteiger partial charge in [-0.15, -0.1) is 0 Å². The summed E-state index contributed by atoms with van der Waals surface area (Å²) in [4.78, 5) is 35.9. The minimum Gasteiger partial charge on any atom is -0.480 e. The Morgan fingerprint density at radius 3 is 2.19 bits per heavy atom. The number of nitrogens with zero attached hydrogens (tertiary/aromatic N) is 1. The van der Waals surface area contributed by atoms with Crippen molar-refractivity contribution in [1.82, 2.24) is 10.2 Å². The maximum Gasteiger partial charge on any atom is 0.326 e. The molecule has 0 aromatic heterocycles. The fourth-order valence-corrected chi connectivity index (χ4v) is 1.73. The molecule has 2 amide bonds. The van der Waals surface area contributed by atoms with Crippen LogP contribution in [0, 0.1) is 0 Å². The number of carboxylic acids is 1. The second-order valence-electron chi connectivity index (χ2n) is 4.67. The molecule has 0 aliphatic carbocycles. The first-order valence-corrected chi connectivity index (χ1v) is 6.67. The third-order valence-electron chi connectivity index (χ3n) is 3.11. The van der Waals surface area contributed by atoms with Crippen LogP contribution < -0.4 is 5.32 Å². The number of halogens is 1. The van der Waals surface area contributed by atoms with Gasteiger partial charge in [-0.25, -0.2) is 4.79 Å². The number of hydrogen-bond donors (Lipinski definition) is 2. The predicted octanol–water partition coefficient (Wildman–Crippen LogP) is 1.39. The first kappa shape index (κ1) is 17.0. The maximum atomic E-state index is 12.0. The normalized spacial score (nSPS) is 13.1. The van der Waals surface area contributed by atoms with Gasteiger partial charge in [-0.05, 0) is 38.1 Å². The van der Waals surface area contributed by atoms with Crippen molar-refractivity contribution in [1.29, 1.82) is 0 Å². The number of carbonyl (C=O) groups excluding carboxylic acids is 2. The van der Waals surface area contributed by atoms with Gasteiger partial charge in [0.2, 0.25) is 5.91 Å². The number of amides is 2. The first-order valence-electron chi connectivity index (χ1n) is 6.30. The summed E-state index contributed by atoms with van der Waals surface area (Å²) >= 11 is 5.73. The van der Waals surface area contributed by atoms with Crippen LogP contribution in [0.4, 0.5) is 0 Å². The average molecular weight is 313 g/mol. The monoisotopic (exact) mass is 312 g/mol. The van der Waals surface area contributed by atoms with Crippen molar-refractivity contribution in [2.75, 3.05) is 7.05 Å². The molecule has 0 aliphatic heterocycles. The molecule has 0 fully saturated rings. The molecule has 0 aliphatic rings. The number of rotatable bonds is 5. The van der Waals surface area contributed by atoms with Gasteiger partial charge in [-0.1, -0.05) is 11.6 Å². The summed E-state index contributed by atoms with van der Waals surface area (Å²) in [6, 6.07) is 4.42. The second-order valence-corrected chi connectivity index (χ2v) is 5.10. The number of carboxylic acid groups (broad SMARTS) is 1. The zero-order chi connectivity index (χ0) is 16.2. The van der Waals surface area contributed by atoms with E-state index < -0.39 is 29.9 Å². The number of benzene rings is 1. The number of likely N-dealkylation sites (N-methyl/N-ethyl adjacent to an activating group) is 1. The van der Waals surface area contributed by atoms with Crippen molar-refractivity contribution in [2.24, 2.45) is 0 Å². The second kappa shape index (κ2) is 7.08. The van der Waals surface area contributed by atoms with E-state index in [1.807, 2.05) is 0 Å². The van der Waals surface area contributed by atoms with Crippen molar-refractivity contribution in [3.8, 4) is 0 Å². The third-order valence-corrected chi connectivity index (χ3v) is 3.36. The zero-order valence-electron chi connectivity index (χ0n) is 12.0. The Kier molecular flexibility index (Phi) is 5.72. The lowest BCUT2D eigenvalue weighted by atomic mass is 10.2. The molecule has 1 aromatic carbocycles. The highest BCUT2D eigenvalue weighted by Crippen LogP contribution is 2.09. The number of carbonyl (C=O) groups is 3. The fraction of sp³-hybridized carbons (Fsp3) is 0.357. The summed E-state index contributed by atoms with van der Waals surface area (Å²) in [5.41, 5.74) is 0.369. The van der Waals surface area contributed by atoms with Crippen molar-refractivity contribution in [3.05, 3.63) is 34.9 Å². The topological polar surface area (TPSA) is 86.7 Å². The fourth-order valence-electron chi connectivity index (χ4n) is 1.60. The average Bonchev–Trinajstić information content (AvgIpc) is 2.45. The van der Waals surface area contributed by atoms with Gasteiger partial charge in [0.15, 0.2) is 0 Å². The molecule has 0 radical (unpaired) electrons. The molecule has 2 unspecified atom stereocenters. The molecule has 0 saturated heterocycles. The number of aliphatic carboxylic acids is 1. The van der Waals surface area contributed by atoms with E-state index in [9.17, 15) is 14.4 Å². The summed E-state index contributed by atoms with van der Waals surface area (Å²) in [6.45, 7) is 2.90. The standard InChI is InChI=1S/C14H17ClN2O4/c1-8(13(19)17(3)9(2)14(20)21)16-12(18)10-4-6-11(15)7-5-10/h4-9H,1-3H3,(H,16,18)(H,20,21). The van der Waals surface area contributed by atoms with Gasteiger partial charge in [0.25, 0.3) is 5.91 Å². The van der Waals surface area contributed by atoms with Crippen LogP contribution in [-0.4, -0.2) is 46.9 Å². The van der Waals surface area contributed by atoms with Crippen LogP contribution in [0.1, 0.15) is 24.2 Å². The van der Waals surface area contributed by atoms with E-state index in [0.29, 0.717) is 10.6 Å². The molecular formula is C14H17ClN2O4. The van der Waals surface area contributed by atoms with Gasteiger partial charge in [-0.3, -0.25) is 9.59 Å². The summed E-state index contributed by atoms with van der Waals surface area (Å²) in [7, 11) is 1.38. The maximum absolute atomic E-state index is 12.0. The Morgan fingerprint density at radius 1 is 1.19 bits per heavy atom. The van der Waals surface area contributed by atoms with Crippen LogP contribution in [0.25, 0.3) is 0 Å². The molecule has 1 aromatic rings. The quantitative estimate of drug-likeness (QED) is 0.860. The minimum absolute atomic E-state index is 0.369. The summed E-state index contributed by atoms with van der Waals surface area (Å²) < 4.78 is 0. The van der Waals surface area contributed by atoms with Crippen LogP contribution in [0.5, 0.6) is 0 Å². The SMILES string of the molecule is CC(NC(=O)c1ccc(Cl)cc1)C(=O)N(C)C(C)C(=O)O. The van der Waals surface area contributed by atoms with Crippen LogP contribution in [0.3, 0.4) is 0 Å². The molecule has 7 heteroatoms. The molecule has 2 atom stereocenters. The van der Waals surface area contributed by atoms with Gasteiger partial charge in [0, 0.05) is 17.6 Å². The molecule has 0 spiro atoms. The molecule has 0 heterocycles. The Hall–Kier alpha value is -2.08. The van der Waals surface area contributed by atoms with E-state index >= 15 is 0 Å². The number of nitrogens with one attached hydrogen (secondary N) is 1. The van der Waals surface area contributed by atoms with Gasteiger partial charge in [0.1, 0.15) is 12.1 Å². The Balaban J connectivity index is 2.69. The van der Waals surface area contributed by atoms with Crippen molar-refractivity contribution < 1.29 is 19.5 Å².